The van der Waals surface area contributed by atoms with E-state index in [0.717, 1.165) is 11.3 Å². The van der Waals surface area contributed by atoms with Crippen molar-refractivity contribution in [2.75, 3.05) is 0 Å². The van der Waals surface area contributed by atoms with Crippen LogP contribution < -0.4 is 0 Å². The Balaban J connectivity index is 1.62. The van der Waals surface area contributed by atoms with Crippen LogP contribution in [0, 0.1) is 0 Å². The Morgan fingerprint density at radius 1 is 1.32 bits per heavy atom. The molecule has 0 amide bonds. The average molecular weight is 297 g/mol. The number of esters is 1. The van der Waals surface area contributed by atoms with Crippen LogP contribution in [0.4, 0.5) is 0 Å². The van der Waals surface area contributed by atoms with E-state index in [4.69, 9.17) is 9.15 Å². The third-order valence-electron chi connectivity index (χ3n) is 3.20. The molecule has 0 saturated carbocycles. The number of ether oxygens (including phenoxy) is 1. The molecule has 6 nitrogen and oxygen atoms in total. The molecule has 2 heterocycles. The van der Waals surface area contributed by atoms with Crippen molar-refractivity contribution in [3.05, 3.63) is 60.1 Å². The molecule has 0 radical (unpaired) electrons. The zero-order chi connectivity index (χ0) is 15.4. The molecule has 1 aromatic carbocycles. The quantitative estimate of drug-likeness (QED) is 0.676. The minimum atomic E-state index is -0.300. The van der Waals surface area contributed by atoms with Crippen molar-refractivity contribution in [1.29, 1.82) is 0 Å². The normalized spacial score (nSPS) is 10.6. The smallest absolute Gasteiger partial charge is 0.312 e. The summed E-state index contributed by atoms with van der Waals surface area (Å²) in [6, 6.07) is 11.3. The van der Waals surface area contributed by atoms with Crippen LogP contribution in [0.3, 0.4) is 0 Å². The van der Waals surface area contributed by atoms with Crippen LogP contribution in [0.25, 0.3) is 11.6 Å². The van der Waals surface area contributed by atoms with Gasteiger partial charge >= 0.3 is 5.97 Å². The third kappa shape index (κ3) is 3.22. The van der Waals surface area contributed by atoms with E-state index in [1.165, 1.54) is 6.26 Å². The summed E-state index contributed by atoms with van der Waals surface area (Å²) in [7, 11) is 1.77. The Kier molecular flexibility index (Phi) is 4.00. The number of benzene rings is 1. The highest BCUT2D eigenvalue weighted by atomic mass is 16.5. The number of hydrogen-bond acceptors (Lipinski definition) is 5. The first-order valence-electron chi connectivity index (χ1n) is 6.85. The van der Waals surface area contributed by atoms with Gasteiger partial charge < -0.3 is 9.15 Å². The number of oxazole rings is 1. The summed E-state index contributed by atoms with van der Waals surface area (Å²) in [5.41, 5.74) is 2.30. The summed E-state index contributed by atoms with van der Waals surface area (Å²) in [5, 5.41) is 4.28. The van der Waals surface area contributed by atoms with Crippen LogP contribution in [-0.2, 0) is 29.6 Å². The molecule has 3 rings (SSSR count). The van der Waals surface area contributed by atoms with Crippen LogP contribution in [-0.4, -0.2) is 20.7 Å². The lowest BCUT2D eigenvalue weighted by Gasteiger charge is -2.05. The molecule has 3 aromatic rings. The van der Waals surface area contributed by atoms with E-state index in [0.29, 0.717) is 11.6 Å². The molecule has 0 aliphatic carbocycles. The monoisotopic (exact) mass is 297 g/mol. The lowest BCUT2D eigenvalue weighted by atomic mass is 10.2. The van der Waals surface area contributed by atoms with E-state index < -0.39 is 0 Å². The van der Waals surface area contributed by atoms with Crippen molar-refractivity contribution in [1.82, 2.24) is 14.8 Å². The molecule has 0 aliphatic rings. The number of aryl methyl sites for hydroxylation is 1. The lowest BCUT2D eigenvalue weighted by molar-refractivity contribution is -0.144. The van der Waals surface area contributed by atoms with E-state index in [-0.39, 0.29) is 19.0 Å². The highest BCUT2D eigenvalue weighted by molar-refractivity contribution is 5.72. The first-order chi connectivity index (χ1) is 10.7. The number of carbonyl (C=O) groups is 1. The Morgan fingerprint density at radius 2 is 2.14 bits per heavy atom. The van der Waals surface area contributed by atoms with Gasteiger partial charge in [-0.05, 0) is 11.6 Å². The molecule has 2 aromatic heterocycles. The fourth-order valence-electron chi connectivity index (χ4n) is 2.06. The fraction of sp³-hybridized carbons (Fsp3) is 0.188. The van der Waals surface area contributed by atoms with Crippen molar-refractivity contribution in [3.63, 3.8) is 0 Å². The number of carbonyl (C=O) groups excluding carboxylic acids is 1. The SMILES string of the molecule is Cn1nc(-c2ncco2)cc1CC(=O)OCc1ccccc1. The minimum absolute atomic E-state index is 0.150. The van der Waals surface area contributed by atoms with E-state index in [1.807, 2.05) is 30.3 Å². The molecule has 0 saturated heterocycles. The maximum atomic E-state index is 11.9. The molecule has 0 unspecified atom stereocenters. The topological polar surface area (TPSA) is 70.2 Å². The molecule has 6 heteroatoms. The lowest BCUT2D eigenvalue weighted by Crippen LogP contribution is -2.11. The maximum Gasteiger partial charge on any atom is 0.312 e. The minimum Gasteiger partial charge on any atom is -0.461 e. The Morgan fingerprint density at radius 3 is 2.86 bits per heavy atom. The van der Waals surface area contributed by atoms with E-state index in [1.54, 1.807) is 24.0 Å². The summed E-state index contributed by atoms with van der Waals surface area (Å²) in [6.07, 6.45) is 3.19. The molecule has 0 atom stereocenters. The molecular formula is C16H15N3O3. The second-order valence-electron chi connectivity index (χ2n) is 4.80. The van der Waals surface area contributed by atoms with Crippen LogP contribution in [0.1, 0.15) is 11.3 Å². The van der Waals surface area contributed by atoms with Crippen LogP contribution >= 0.6 is 0 Å². The van der Waals surface area contributed by atoms with E-state index in [9.17, 15) is 4.79 Å². The molecule has 0 spiro atoms. The molecule has 0 fully saturated rings. The van der Waals surface area contributed by atoms with Crippen LogP contribution in [0.5, 0.6) is 0 Å². The molecular weight excluding hydrogens is 282 g/mol. The Bertz CT molecular complexity index is 748. The number of nitrogens with zero attached hydrogens (tertiary/aromatic N) is 3. The maximum absolute atomic E-state index is 11.9. The van der Waals surface area contributed by atoms with Crippen molar-refractivity contribution < 1.29 is 13.9 Å². The summed E-state index contributed by atoms with van der Waals surface area (Å²) >= 11 is 0. The Hall–Kier alpha value is -2.89. The van der Waals surface area contributed by atoms with Gasteiger partial charge in [0.05, 0.1) is 12.6 Å². The fourth-order valence-corrected chi connectivity index (χ4v) is 2.06. The van der Waals surface area contributed by atoms with Crippen LogP contribution in [0.15, 0.2) is 53.3 Å². The number of hydrogen-bond donors (Lipinski definition) is 0. The number of rotatable bonds is 5. The van der Waals surface area contributed by atoms with Crippen molar-refractivity contribution in [3.8, 4) is 11.6 Å². The first kappa shape index (κ1) is 14.1. The molecule has 0 aliphatic heterocycles. The van der Waals surface area contributed by atoms with Crippen molar-refractivity contribution >= 4 is 5.97 Å². The van der Waals surface area contributed by atoms with Gasteiger partial charge in [0.15, 0.2) is 0 Å². The Labute approximate surface area is 127 Å². The zero-order valence-corrected chi connectivity index (χ0v) is 12.1. The van der Waals surface area contributed by atoms with Crippen LogP contribution in [0.2, 0.25) is 0 Å². The largest absolute Gasteiger partial charge is 0.461 e. The van der Waals surface area contributed by atoms with Gasteiger partial charge in [0, 0.05) is 12.7 Å². The van der Waals surface area contributed by atoms with Gasteiger partial charge in [-0.25, -0.2) is 4.98 Å². The van der Waals surface area contributed by atoms with Gasteiger partial charge in [-0.15, -0.1) is 0 Å². The highest BCUT2D eigenvalue weighted by Crippen LogP contribution is 2.17. The van der Waals surface area contributed by atoms with E-state index >= 15 is 0 Å². The molecule has 0 N–H and O–H groups in total. The van der Waals surface area contributed by atoms with Gasteiger partial charge in [0.2, 0.25) is 5.89 Å². The average Bonchev–Trinajstić information content (AvgIpc) is 3.17. The van der Waals surface area contributed by atoms with Gasteiger partial charge in [-0.2, -0.15) is 5.10 Å². The highest BCUT2D eigenvalue weighted by Gasteiger charge is 2.14. The molecule has 0 bridgehead atoms. The molecule has 112 valence electrons. The van der Waals surface area contributed by atoms with E-state index in [2.05, 4.69) is 10.1 Å². The van der Waals surface area contributed by atoms with Crippen molar-refractivity contribution in [2.45, 2.75) is 13.0 Å². The summed E-state index contributed by atoms with van der Waals surface area (Å²) in [5.74, 6) is 0.130. The van der Waals surface area contributed by atoms with Gasteiger partial charge in [-0.3, -0.25) is 9.48 Å². The van der Waals surface area contributed by atoms with Gasteiger partial charge in [0.1, 0.15) is 18.6 Å². The second-order valence-corrected chi connectivity index (χ2v) is 4.80. The standard InChI is InChI=1S/C16H15N3O3/c1-19-13(9-14(18-19)16-17-7-8-21-16)10-15(20)22-11-12-5-3-2-4-6-12/h2-9H,10-11H2,1H3. The molecule has 22 heavy (non-hydrogen) atoms. The number of aromatic nitrogens is 3. The predicted molar refractivity (Wildman–Crippen MR) is 78.6 cm³/mol. The predicted octanol–water partition coefficient (Wildman–Crippen LogP) is 2.36. The third-order valence-corrected chi connectivity index (χ3v) is 3.20. The van der Waals surface area contributed by atoms with Gasteiger partial charge in [0.25, 0.3) is 0 Å². The summed E-state index contributed by atoms with van der Waals surface area (Å²) < 4.78 is 12.1. The van der Waals surface area contributed by atoms with Crippen molar-refractivity contribution in [2.24, 2.45) is 7.05 Å². The zero-order valence-electron chi connectivity index (χ0n) is 12.1. The first-order valence-corrected chi connectivity index (χ1v) is 6.85. The second kappa shape index (κ2) is 6.26. The summed E-state index contributed by atoms with van der Waals surface area (Å²) in [6.45, 7) is 0.268. The van der Waals surface area contributed by atoms with Gasteiger partial charge in [-0.1, -0.05) is 30.3 Å². The summed E-state index contributed by atoms with van der Waals surface area (Å²) in [4.78, 5) is 16.0.